The van der Waals surface area contributed by atoms with Crippen molar-refractivity contribution >= 4 is 11.6 Å². The van der Waals surface area contributed by atoms with Crippen LogP contribution in [-0.4, -0.2) is 27.9 Å². The molecule has 24 heavy (non-hydrogen) atoms. The molecule has 5 heteroatoms. The summed E-state index contributed by atoms with van der Waals surface area (Å²) in [5.74, 6) is 0.0772. The fourth-order valence-electron chi connectivity index (χ4n) is 4.78. The second-order valence-electron chi connectivity index (χ2n) is 7.21. The summed E-state index contributed by atoms with van der Waals surface area (Å²) in [5, 5.41) is 20.6. The van der Waals surface area contributed by atoms with Crippen LogP contribution in [-0.2, 0) is 11.8 Å². The minimum Gasteiger partial charge on any atom is -0.460 e. The highest BCUT2D eigenvalue weighted by Gasteiger charge is 2.51. The fourth-order valence-corrected chi connectivity index (χ4v) is 4.78. The van der Waals surface area contributed by atoms with Gasteiger partial charge in [-0.25, -0.2) is 0 Å². The lowest BCUT2D eigenvalue weighted by Gasteiger charge is -2.42. The Labute approximate surface area is 137 Å². The summed E-state index contributed by atoms with van der Waals surface area (Å²) in [6, 6.07) is 3.63. The first kappa shape index (κ1) is 14.1. The molecule has 0 amide bonds. The number of furan rings is 1. The smallest absolute Gasteiger partial charge is 0.229 e. The molecule has 0 saturated carbocycles. The Morgan fingerprint density at radius 1 is 1.21 bits per heavy atom. The minimum absolute atomic E-state index is 0.0655. The maximum atomic E-state index is 13.1. The maximum absolute atomic E-state index is 13.1. The van der Waals surface area contributed by atoms with E-state index in [4.69, 9.17) is 4.42 Å². The van der Waals surface area contributed by atoms with Crippen molar-refractivity contribution in [2.75, 3.05) is 0 Å². The first-order valence-corrected chi connectivity index (χ1v) is 8.15. The predicted octanol–water partition coefficient (Wildman–Crippen LogP) is 2.06. The van der Waals surface area contributed by atoms with Gasteiger partial charge in [-0.05, 0) is 24.0 Å². The van der Waals surface area contributed by atoms with Gasteiger partial charge in [0.25, 0.3) is 0 Å². The van der Waals surface area contributed by atoms with Gasteiger partial charge < -0.3 is 14.6 Å². The molecule has 0 radical (unpaired) electrons. The van der Waals surface area contributed by atoms with Crippen LogP contribution >= 0.6 is 0 Å². The summed E-state index contributed by atoms with van der Waals surface area (Å²) < 4.78 is 5.52. The van der Waals surface area contributed by atoms with Crippen LogP contribution < -0.4 is 0 Å². The number of benzene rings is 1. The normalized spacial score (nSPS) is 30.1. The quantitative estimate of drug-likeness (QED) is 0.774. The molecule has 2 aromatic rings. The van der Waals surface area contributed by atoms with E-state index in [1.807, 2.05) is 13.0 Å². The largest absolute Gasteiger partial charge is 0.460 e. The van der Waals surface area contributed by atoms with Gasteiger partial charge in [-0.1, -0.05) is 19.1 Å². The van der Waals surface area contributed by atoms with E-state index >= 15 is 0 Å². The zero-order chi connectivity index (χ0) is 16.8. The monoisotopic (exact) mass is 324 g/mol. The van der Waals surface area contributed by atoms with E-state index in [1.165, 1.54) is 6.26 Å². The fraction of sp³-hybridized carbons (Fsp3) is 0.368. The molecule has 3 unspecified atom stereocenters. The van der Waals surface area contributed by atoms with E-state index in [1.54, 1.807) is 6.07 Å². The number of hydrogen-bond acceptors (Lipinski definition) is 5. The van der Waals surface area contributed by atoms with Crippen molar-refractivity contribution in [3.63, 3.8) is 0 Å². The van der Waals surface area contributed by atoms with E-state index in [0.717, 1.165) is 11.1 Å². The van der Waals surface area contributed by atoms with E-state index in [0.29, 0.717) is 41.5 Å². The average molecular weight is 324 g/mol. The molecule has 0 saturated heterocycles. The molecule has 0 spiro atoms. The van der Waals surface area contributed by atoms with Crippen molar-refractivity contribution in [2.45, 2.75) is 43.8 Å². The molecule has 122 valence electrons. The van der Waals surface area contributed by atoms with Crippen molar-refractivity contribution in [1.82, 2.24) is 0 Å². The van der Waals surface area contributed by atoms with Crippen LogP contribution in [0.3, 0.4) is 0 Å². The molecule has 1 aromatic heterocycles. The van der Waals surface area contributed by atoms with E-state index < -0.39 is 17.6 Å². The lowest BCUT2D eigenvalue weighted by atomic mass is 9.61. The number of aliphatic hydroxyl groups excluding tert-OH is 2. The third-order valence-corrected chi connectivity index (χ3v) is 5.91. The van der Waals surface area contributed by atoms with E-state index in [9.17, 15) is 19.8 Å². The van der Waals surface area contributed by atoms with Gasteiger partial charge in [0.1, 0.15) is 6.10 Å². The summed E-state index contributed by atoms with van der Waals surface area (Å²) >= 11 is 0. The van der Waals surface area contributed by atoms with Gasteiger partial charge in [-0.2, -0.15) is 0 Å². The molecule has 3 atom stereocenters. The van der Waals surface area contributed by atoms with Crippen LogP contribution in [0.15, 0.2) is 22.8 Å². The van der Waals surface area contributed by atoms with Crippen molar-refractivity contribution in [3.05, 3.63) is 57.5 Å². The molecular formula is C19H16O5. The number of carbonyl (C=O) groups is 2. The van der Waals surface area contributed by atoms with Gasteiger partial charge in [0, 0.05) is 34.1 Å². The second kappa shape index (κ2) is 4.23. The summed E-state index contributed by atoms with van der Waals surface area (Å²) in [6.07, 6.45) is 0.701. The van der Waals surface area contributed by atoms with Crippen molar-refractivity contribution in [3.8, 4) is 0 Å². The Morgan fingerprint density at radius 2 is 2.00 bits per heavy atom. The Balaban J connectivity index is 1.86. The van der Waals surface area contributed by atoms with Gasteiger partial charge >= 0.3 is 0 Å². The summed E-state index contributed by atoms with van der Waals surface area (Å²) in [4.78, 5) is 25.1. The average Bonchev–Trinajstić information content (AvgIpc) is 3.16. The van der Waals surface area contributed by atoms with Crippen LogP contribution in [0.1, 0.15) is 74.6 Å². The zero-order valence-electron chi connectivity index (χ0n) is 13.1. The second-order valence-corrected chi connectivity index (χ2v) is 7.21. The number of rotatable bonds is 0. The van der Waals surface area contributed by atoms with Crippen molar-refractivity contribution in [2.24, 2.45) is 0 Å². The first-order chi connectivity index (χ1) is 11.4. The van der Waals surface area contributed by atoms with E-state index in [-0.39, 0.29) is 17.3 Å². The Hall–Kier alpha value is -2.24. The lowest BCUT2D eigenvalue weighted by Crippen LogP contribution is -2.42. The molecule has 3 aliphatic rings. The topological polar surface area (TPSA) is 87.7 Å². The third kappa shape index (κ3) is 1.43. The van der Waals surface area contributed by atoms with Crippen LogP contribution in [0.5, 0.6) is 0 Å². The molecule has 2 N–H and O–H groups in total. The highest BCUT2D eigenvalue weighted by atomic mass is 16.3. The number of fused-ring (bicyclic) bond motifs is 4. The van der Waals surface area contributed by atoms with Gasteiger partial charge in [0.15, 0.2) is 11.5 Å². The zero-order valence-corrected chi connectivity index (χ0v) is 13.1. The standard InChI is InChI=1S/C19H16O5/c1-19-6-13(21)16(22)10-7-24-18(15(10)19)17(23)14-9-3-5-12(20)8(9)2-4-11(14)19/h2,4,7,13,16,21-22H,3,5-6H2,1H3. The number of carbonyl (C=O) groups excluding carboxylic acids is 2. The third-order valence-electron chi connectivity index (χ3n) is 5.91. The Morgan fingerprint density at radius 3 is 2.79 bits per heavy atom. The predicted molar refractivity (Wildman–Crippen MR) is 83.3 cm³/mol. The first-order valence-electron chi connectivity index (χ1n) is 8.15. The van der Waals surface area contributed by atoms with Crippen molar-refractivity contribution < 1.29 is 24.2 Å². The van der Waals surface area contributed by atoms with Crippen LogP contribution in [0, 0.1) is 0 Å². The number of aliphatic hydroxyl groups is 2. The molecule has 0 aliphatic heterocycles. The highest BCUT2D eigenvalue weighted by molar-refractivity contribution is 6.15. The summed E-state index contributed by atoms with van der Waals surface area (Å²) in [7, 11) is 0. The molecule has 5 nitrogen and oxygen atoms in total. The molecule has 1 heterocycles. The highest BCUT2D eigenvalue weighted by Crippen LogP contribution is 2.53. The summed E-state index contributed by atoms with van der Waals surface area (Å²) in [6.45, 7) is 1.97. The number of ketones is 2. The lowest BCUT2D eigenvalue weighted by molar-refractivity contribution is -0.00684. The molecule has 5 rings (SSSR count). The van der Waals surface area contributed by atoms with Gasteiger partial charge in [-0.15, -0.1) is 0 Å². The van der Waals surface area contributed by atoms with Gasteiger partial charge in [0.05, 0.1) is 12.4 Å². The minimum atomic E-state index is -1.05. The van der Waals surface area contributed by atoms with Crippen LogP contribution in [0.4, 0.5) is 0 Å². The van der Waals surface area contributed by atoms with Crippen LogP contribution in [0.25, 0.3) is 0 Å². The maximum Gasteiger partial charge on any atom is 0.229 e. The molecular weight excluding hydrogens is 308 g/mol. The SMILES string of the molecule is CC12CC(O)C(O)c3coc(c31)C(=O)c1c2ccc2c1CCC2=O. The Bertz CT molecular complexity index is 937. The van der Waals surface area contributed by atoms with Gasteiger partial charge in [-0.3, -0.25) is 9.59 Å². The number of hydrogen-bond donors (Lipinski definition) is 2. The molecule has 3 aliphatic carbocycles. The van der Waals surface area contributed by atoms with Crippen LogP contribution in [0.2, 0.25) is 0 Å². The molecule has 1 aromatic carbocycles. The van der Waals surface area contributed by atoms with E-state index in [2.05, 4.69) is 0 Å². The Kier molecular flexibility index (Phi) is 2.49. The van der Waals surface area contributed by atoms with Crippen molar-refractivity contribution in [1.29, 1.82) is 0 Å². The molecule has 0 bridgehead atoms. The van der Waals surface area contributed by atoms with Gasteiger partial charge in [0.2, 0.25) is 5.78 Å². The summed E-state index contributed by atoms with van der Waals surface area (Å²) in [5.41, 5.74) is 3.36. The molecule has 0 fully saturated rings. The number of Topliss-reactive ketones (excluding diaryl/α,β-unsaturated/α-hetero) is 1.